The van der Waals surface area contributed by atoms with Crippen molar-refractivity contribution < 1.29 is 31.2 Å². The molecule has 27 heavy (non-hydrogen) atoms. The predicted molar refractivity (Wildman–Crippen MR) is 89.0 cm³/mol. The third-order valence-corrected chi connectivity index (χ3v) is 5.64. The van der Waals surface area contributed by atoms with Gasteiger partial charge in [0.15, 0.2) is 0 Å². The number of hydrogen-bond donors (Lipinski definition) is 2. The number of nitrogens with zero attached hydrogens (tertiary/aromatic N) is 1. The lowest BCUT2D eigenvalue weighted by molar-refractivity contribution is -0.135. The Balaban J connectivity index is 1.82. The minimum atomic E-state index is -4.30. The fourth-order valence-electron chi connectivity index (χ4n) is 2.63. The highest BCUT2D eigenvalue weighted by Crippen LogP contribution is 2.29. The SMILES string of the molecule is O=C(NCCCC(F)(F)F)c1ccc2c(c1)NC(=O)c1cccn1S2(=O)=O. The van der Waals surface area contributed by atoms with Crippen LogP contribution in [-0.2, 0) is 10.0 Å². The second-order valence-corrected chi connectivity index (χ2v) is 7.62. The Morgan fingerprint density at radius 1 is 1.22 bits per heavy atom. The molecular weight excluding hydrogens is 387 g/mol. The molecule has 0 bridgehead atoms. The summed E-state index contributed by atoms with van der Waals surface area (Å²) in [5.41, 5.74) is -0.140. The number of aromatic nitrogens is 1. The fraction of sp³-hybridized carbons (Fsp3) is 0.250. The molecule has 2 heterocycles. The van der Waals surface area contributed by atoms with E-state index < -0.39 is 34.4 Å². The van der Waals surface area contributed by atoms with Gasteiger partial charge in [-0.2, -0.15) is 13.2 Å². The van der Waals surface area contributed by atoms with Crippen molar-refractivity contribution in [1.29, 1.82) is 0 Å². The van der Waals surface area contributed by atoms with Gasteiger partial charge in [0, 0.05) is 24.7 Å². The first-order valence-corrected chi connectivity index (χ1v) is 9.27. The van der Waals surface area contributed by atoms with Crippen molar-refractivity contribution in [2.45, 2.75) is 23.9 Å². The smallest absolute Gasteiger partial charge is 0.352 e. The molecule has 11 heteroatoms. The number of halogens is 3. The standard InChI is InChI=1S/C16H14F3N3O4S/c17-16(18,19)6-2-7-20-14(23)10-4-5-13-11(9-10)21-15(24)12-3-1-8-22(12)27(13,25)26/h1,3-5,8-9H,2,6-7H2,(H,20,23)(H,21,24). The molecule has 0 aliphatic carbocycles. The predicted octanol–water partition coefficient (Wildman–Crippen LogP) is 2.36. The summed E-state index contributed by atoms with van der Waals surface area (Å²) in [6.45, 7) is -0.189. The molecular formula is C16H14F3N3O4S. The lowest BCUT2D eigenvalue weighted by Crippen LogP contribution is -2.25. The number of carbonyl (C=O) groups excluding carboxylic acids is 2. The Hall–Kier alpha value is -2.82. The molecule has 1 aromatic heterocycles. The second-order valence-electron chi connectivity index (χ2n) is 5.83. The molecule has 0 radical (unpaired) electrons. The molecule has 2 aromatic rings. The quantitative estimate of drug-likeness (QED) is 0.769. The van der Waals surface area contributed by atoms with E-state index in [0.717, 1.165) is 3.97 Å². The van der Waals surface area contributed by atoms with Crippen LogP contribution in [0, 0.1) is 0 Å². The van der Waals surface area contributed by atoms with Gasteiger partial charge < -0.3 is 10.6 Å². The number of nitrogens with one attached hydrogen (secondary N) is 2. The van der Waals surface area contributed by atoms with Gasteiger partial charge in [-0.05, 0) is 36.8 Å². The minimum absolute atomic E-state index is 0.0165. The van der Waals surface area contributed by atoms with Crippen LogP contribution in [0.1, 0.15) is 33.7 Å². The summed E-state index contributed by atoms with van der Waals surface area (Å²) in [5, 5.41) is 4.77. The maximum atomic E-state index is 12.7. The molecule has 0 spiro atoms. The molecule has 0 saturated heterocycles. The Bertz CT molecular complexity index is 1010. The van der Waals surface area contributed by atoms with E-state index in [1.165, 1.54) is 36.5 Å². The molecule has 1 aliphatic rings. The largest absolute Gasteiger partial charge is 0.389 e. The molecule has 3 rings (SSSR count). The van der Waals surface area contributed by atoms with Crippen molar-refractivity contribution in [2.24, 2.45) is 0 Å². The minimum Gasteiger partial charge on any atom is -0.352 e. The maximum absolute atomic E-state index is 12.7. The summed E-state index contributed by atoms with van der Waals surface area (Å²) in [7, 11) is -4.03. The van der Waals surface area contributed by atoms with E-state index in [1.807, 2.05) is 0 Å². The van der Waals surface area contributed by atoms with E-state index in [9.17, 15) is 31.2 Å². The highest BCUT2D eigenvalue weighted by atomic mass is 32.2. The van der Waals surface area contributed by atoms with Crippen molar-refractivity contribution in [1.82, 2.24) is 9.29 Å². The van der Waals surface area contributed by atoms with Crippen LogP contribution < -0.4 is 10.6 Å². The Morgan fingerprint density at radius 2 is 1.96 bits per heavy atom. The lowest BCUT2D eigenvalue weighted by atomic mass is 10.1. The van der Waals surface area contributed by atoms with E-state index >= 15 is 0 Å². The molecule has 144 valence electrons. The summed E-state index contributed by atoms with van der Waals surface area (Å²) in [5.74, 6) is -1.33. The second kappa shape index (κ2) is 6.72. The van der Waals surface area contributed by atoms with Gasteiger partial charge in [-0.3, -0.25) is 9.59 Å². The van der Waals surface area contributed by atoms with Crippen LogP contribution >= 0.6 is 0 Å². The fourth-order valence-corrected chi connectivity index (χ4v) is 4.10. The van der Waals surface area contributed by atoms with Gasteiger partial charge >= 0.3 is 6.18 Å². The number of rotatable bonds is 4. The molecule has 0 saturated carbocycles. The Morgan fingerprint density at radius 3 is 2.67 bits per heavy atom. The maximum Gasteiger partial charge on any atom is 0.389 e. The Kier molecular flexibility index (Phi) is 4.72. The van der Waals surface area contributed by atoms with Crippen LogP contribution in [0.25, 0.3) is 0 Å². The third-order valence-electron chi connectivity index (χ3n) is 3.90. The molecule has 0 atom stereocenters. The zero-order valence-corrected chi connectivity index (χ0v) is 14.5. The lowest BCUT2D eigenvalue weighted by Gasteiger charge is -2.11. The van der Waals surface area contributed by atoms with Crippen molar-refractivity contribution >= 4 is 27.5 Å². The number of carbonyl (C=O) groups is 2. The first kappa shape index (κ1) is 19.0. The number of amides is 2. The number of benzene rings is 1. The van der Waals surface area contributed by atoms with Gasteiger partial charge in [-0.25, -0.2) is 12.4 Å². The van der Waals surface area contributed by atoms with E-state index in [1.54, 1.807) is 0 Å². The van der Waals surface area contributed by atoms with E-state index in [2.05, 4.69) is 10.6 Å². The summed E-state index contributed by atoms with van der Waals surface area (Å²) in [6, 6.07) is 6.34. The average Bonchev–Trinajstić information content (AvgIpc) is 3.05. The van der Waals surface area contributed by atoms with Gasteiger partial charge in [-0.1, -0.05) is 0 Å². The van der Waals surface area contributed by atoms with Crippen LogP contribution in [0.3, 0.4) is 0 Å². The molecule has 1 aromatic carbocycles. The van der Waals surface area contributed by atoms with Gasteiger partial charge in [-0.15, -0.1) is 0 Å². The van der Waals surface area contributed by atoms with Crippen LogP contribution in [0.5, 0.6) is 0 Å². The summed E-state index contributed by atoms with van der Waals surface area (Å²) in [6.07, 6.45) is -4.37. The first-order chi connectivity index (χ1) is 12.6. The normalized spacial score (nSPS) is 15.3. The molecule has 1 aliphatic heterocycles. The first-order valence-electron chi connectivity index (χ1n) is 7.83. The van der Waals surface area contributed by atoms with Crippen molar-refractivity contribution in [3.05, 3.63) is 47.8 Å². The van der Waals surface area contributed by atoms with E-state index in [4.69, 9.17) is 0 Å². The van der Waals surface area contributed by atoms with Crippen molar-refractivity contribution in [2.75, 3.05) is 11.9 Å². The number of anilines is 1. The van der Waals surface area contributed by atoms with E-state index in [0.29, 0.717) is 0 Å². The monoisotopic (exact) mass is 401 g/mol. The topological polar surface area (TPSA) is 97.3 Å². The average molecular weight is 401 g/mol. The number of hydrogen-bond acceptors (Lipinski definition) is 4. The van der Waals surface area contributed by atoms with E-state index in [-0.39, 0.29) is 34.8 Å². The molecule has 2 N–H and O–H groups in total. The molecule has 2 amide bonds. The zero-order valence-electron chi connectivity index (χ0n) is 13.7. The van der Waals surface area contributed by atoms with Crippen LogP contribution in [0.4, 0.5) is 18.9 Å². The van der Waals surface area contributed by atoms with Gasteiger partial charge in [0.2, 0.25) is 0 Å². The zero-order chi connectivity index (χ0) is 19.8. The highest BCUT2D eigenvalue weighted by molar-refractivity contribution is 7.90. The number of alkyl halides is 3. The van der Waals surface area contributed by atoms with Crippen LogP contribution in [0.15, 0.2) is 41.4 Å². The molecule has 0 fully saturated rings. The third kappa shape index (κ3) is 3.82. The molecule has 7 nitrogen and oxygen atoms in total. The van der Waals surface area contributed by atoms with Gasteiger partial charge in [0.1, 0.15) is 10.6 Å². The summed E-state index contributed by atoms with van der Waals surface area (Å²) < 4.78 is 62.5. The van der Waals surface area contributed by atoms with Gasteiger partial charge in [0.25, 0.3) is 21.8 Å². The van der Waals surface area contributed by atoms with Crippen LogP contribution in [0.2, 0.25) is 0 Å². The summed E-state index contributed by atoms with van der Waals surface area (Å²) >= 11 is 0. The Labute approximate surface area is 152 Å². The van der Waals surface area contributed by atoms with Crippen molar-refractivity contribution in [3.63, 3.8) is 0 Å². The highest BCUT2D eigenvalue weighted by Gasteiger charge is 2.30. The van der Waals surface area contributed by atoms with Gasteiger partial charge in [0.05, 0.1) is 5.69 Å². The van der Waals surface area contributed by atoms with Crippen molar-refractivity contribution in [3.8, 4) is 0 Å². The van der Waals surface area contributed by atoms with Crippen LogP contribution in [-0.4, -0.2) is 36.9 Å². The molecule has 0 unspecified atom stereocenters. The summed E-state index contributed by atoms with van der Waals surface area (Å²) in [4.78, 5) is 24.1. The number of fused-ring (bicyclic) bond motifs is 2.